The lowest BCUT2D eigenvalue weighted by Gasteiger charge is -2.45. The lowest BCUT2D eigenvalue weighted by Crippen LogP contribution is -2.58. The molecule has 130 valence electrons. The molecule has 5 nitrogen and oxygen atoms in total. The molecule has 0 bridgehead atoms. The van der Waals surface area contributed by atoms with Gasteiger partial charge in [-0.2, -0.15) is 0 Å². The van der Waals surface area contributed by atoms with Crippen molar-refractivity contribution in [3.8, 4) is 0 Å². The Balaban J connectivity index is 1.51. The summed E-state index contributed by atoms with van der Waals surface area (Å²) in [6, 6.07) is 1.71. The zero-order valence-corrected chi connectivity index (χ0v) is 13.6. The number of halogens is 2. The molecule has 1 saturated carbocycles. The number of alkyl halides is 2. The summed E-state index contributed by atoms with van der Waals surface area (Å²) >= 11 is 0. The Morgan fingerprint density at radius 3 is 2.62 bits per heavy atom. The fourth-order valence-electron chi connectivity index (χ4n) is 3.94. The van der Waals surface area contributed by atoms with Gasteiger partial charge in [-0.3, -0.25) is 4.79 Å². The third-order valence-corrected chi connectivity index (χ3v) is 5.67. The lowest BCUT2D eigenvalue weighted by molar-refractivity contribution is -0.169. The fourth-order valence-corrected chi connectivity index (χ4v) is 3.94. The monoisotopic (exact) mass is 336 g/mol. The summed E-state index contributed by atoms with van der Waals surface area (Å²) in [5.74, 6) is -1.74. The van der Waals surface area contributed by atoms with Crippen molar-refractivity contribution in [2.45, 2.75) is 38.0 Å². The minimum Gasteiger partial charge on any atom is -0.342 e. The zero-order valence-electron chi connectivity index (χ0n) is 13.6. The molecule has 2 aliphatic heterocycles. The summed E-state index contributed by atoms with van der Waals surface area (Å²) in [5.41, 5.74) is -1.18. The number of rotatable bonds is 3. The highest BCUT2D eigenvalue weighted by atomic mass is 19.3. The zero-order chi connectivity index (χ0) is 16.8. The van der Waals surface area contributed by atoms with E-state index in [4.69, 9.17) is 0 Å². The summed E-state index contributed by atoms with van der Waals surface area (Å²) in [7, 11) is 0. The van der Waals surface area contributed by atoms with Gasteiger partial charge in [-0.1, -0.05) is 0 Å². The minimum atomic E-state index is -2.76. The number of aromatic nitrogens is 2. The van der Waals surface area contributed by atoms with Gasteiger partial charge in [0.15, 0.2) is 0 Å². The number of hydrogen-bond acceptors (Lipinski definition) is 4. The van der Waals surface area contributed by atoms with Crippen molar-refractivity contribution in [1.82, 2.24) is 14.9 Å². The maximum absolute atomic E-state index is 14.8. The molecule has 1 aromatic heterocycles. The maximum atomic E-state index is 14.8. The summed E-state index contributed by atoms with van der Waals surface area (Å²) in [4.78, 5) is 24.2. The average Bonchev–Trinajstić information content (AvgIpc) is 3.28. The van der Waals surface area contributed by atoms with E-state index in [2.05, 4.69) is 9.97 Å². The van der Waals surface area contributed by atoms with Crippen LogP contribution in [0.3, 0.4) is 0 Å². The van der Waals surface area contributed by atoms with Gasteiger partial charge in [0.1, 0.15) is 0 Å². The Morgan fingerprint density at radius 2 is 1.92 bits per heavy atom. The fraction of sp³-hybridized carbons (Fsp3) is 0.706. The van der Waals surface area contributed by atoms with Crippen LogP contribution in [0.2, 0.25) is 0 Å². The van der Waals surface area contributed by atoms with Crippen molar-refractivity contribution in [1.29, 1.82) is 0 Å². The van der Waals surface area contributed by atoms with Gasteiger partial charge in [0.2, 0.25) is 11.9 Å². The van der Waals surface area contributed by atoms with Crippen molar-refractivity contribution in [2.75, 3.05) is 31.1 Å². The Labute approximate surface area is 140 Å². The maximum Gasteiger partial charge on any atom is 0.258 e. The molecule has 4 rings (SSSR count). The Kier molecular flexibility index (Phi) is 3.69. The number of piperidine rings is 1. The second-order valence-electron chi connectivity index (χ2n) is 7.42. The molecule has 0 N–H and O–H groups in total. The van der Waals surface area contributed by atoms with Gasteiger partial charge < -0.3 is 9.80 Å². The van der Waals surface area contributed by atoms with Crippen LogP contribution in [0.1, 0.15) is 32.1 Å². The standard InChI is InChI=1S/C17H22F2N4O/c18-17(19)5-9-22(14(24)10-13-2-3-13)11-16(17)4-8-23(12-16)15-20-6-1-7-21-15/h1,6-7,13H,2-5,8-12H2/t16-/m1/s1. The average molecular weight is 336 g/mol. The summed E-state index contributed by atoms with van der Waals surface area (Å²) in [6.45, 7) is 1.03. The van der Waals surface area contributed by atoms with Gasteiger partial charge >= 0.3 is 0 Å². The molecule has 3 aliphatic rings. The molecule has 3 fully saturated rings. The number of nitrogens with zero attached hydrogens (tertiary/aromatic N) is 4. The van der Waals surface area contributed by atoms with Crippen LogP contribution in [0.25, 0.3) is 0 Å². The second-order valence-corrected chi connectivity index (χ2v) is 7.42. The number of carbonyl (C=O) groups excluding carboxylic acids is 1. The first-order valence-corrected chi connectivity index (χ1v) is 8.67. The number of carbonyl (C=O) groups is 1. The number of anilines is 1. The van der Waals surface area contributed by atoms with Crippen LogP contribution in [-0.2, 0) is 4.79 Å². The van der Waals surface area contributed by atoms with Gasteiger partial charge in [0.05, 0.1) is 5.41 Å². The second kappa shape index (κ2) is 5.63. The molecule has 3 heterocycles. The van der Waals surface area contributed by atoms with E-state index in [0.29, 0.717) is 31.3 Å². The van der Waals surface area contributed by atoms with Gasteiger partial charge in [0.25, 0.3) is 5.92 Å². The largest absolute Gasteiger partial charge is 0.342 e. The van der Waals surface area contributed by atoms with Crippen molar-refractivity contribution in [3.63, 3.8) is 0 Å². The van der Waals surface area contributed by atoms with E-state index in [1.54, 1.807) is 23.4 Å². The number of amides is 1. The third-order valence-electron chi connectivity index (χ3n) is 5.67. The van der Waals surface area contributed by atoms with E-state index in [1.807, 2.05) is 4.90 Å². The molecular formula is C17H22F2N4O. The molecule has 7 heteroatoms. The first-order valence-electron chi connectivity index (χ1n) is 8.67. The molecule has 1 aliphatic carbocycles. The topological polar surface area (TPSA) is 49.3 Å². The van der Waals surface area contributed by atoms with E-state index < -0.39 is 11.3 Å². The molecule has 1 atom stereocenters. The van der Waals surface area contributed by atoms with Crippen LogP contribution >= 0.6 is 0 Å². The van der Waals surface area contributed by atoms with Crippen LogP contribution in [0.5, 0.6) is 0 Å². The minimum absolute atomic E-state index is 0.0433. The van der Waals surface area contributed by atoms with E-state index in [0.717, 1.165) is 12.8 Å². The predicted molar refractivity (Wildman–Crippen MR) is 84.8 cm³/mol. The van der Waals surface area contributed by atoms with Crippen LogP contribution in [0, 0.1) is 11.3 Å². The van der Waals surface area contributed by atoms with Crippen LogP contribution in [-0.4, -0.2) is 52.9 Å². The first-order chi connectivity index (χ1) is 11.5. The summed E-state index contributed by atoms with van der Waals surface area (Å²) in [5, 5.41) is 0. The SMILES string of the molecule is O=C(CC1CC1)N1CCC(F)(F)[C@]2(CCN(c3ncccn3)C2)C1. The molecule has 1 aromatic rings. The normalized spacial score (nSPS) is 29.2. The molecule has 2 saturated heterocycles. The van der Waals surface area contributed by atoms with E-state index in [1.165, 1.54) is 0 Å². The van der Waals surface area contributed by atoms with Crippen LogP contribution in [0.15, 0.2) is 18.5 Å². The summed E-state index contributed by atoms with van der Waals surface area (Å²) in [6.07, 6.45) is 6.08. The van der Waals surface area contributed by atoms with E-state index in [-0.39, 0.29) is 32.0 Å². The number of hydrogen-bond donors (Lipinski definition) is 0. The van der Waals surface area contributed by atoms with Crippen LogP contribution in [0.4, 0.5) is 14.7 Å². The lowest BCUT2D eigenvalue weighted by atomic mass is 9.75. The quantitative estimate of drug-likeness (QED) is 0.850. The van der Waals surface area contributed by atoms with Crippen LogP contribution < -0.4 is 4.90 Å². The molecule has 0 aromatic carbocycles. The molecule has 24 heavy (non-hydrogen) atoms. The first kappa shape index (κ1) is 15.7. The smallest absolute Gasteiger partial charge is 0.258 e. The van der Waals surface area contributed by atoms with Crippen molar-refractivity contribution >= 4 is 11.9 Å². The van der Waals surface area contributed by atoms with Gasteiger partial charge in [-0.15, -0.1) is 0 Å². The van der Waals surface area contributed by atoms with Gasteiger partial charge in [-0.25, -0.2) is 18.7 Å². The van der Waals surface area contributed by atoms with E-state index in [9.17, 15) is 13.6 Å². The van der Waals surface area contributed by atoms with Gasteiger partial charge in [0, 0.05) is 51.4 Å². The van der Waals surface area contributed by atoms with Crippen molar-refractivity contribution in [3.05, 3.63) is 18.5 Å². The van der Waals surface area contributed by atoms with Gasteiger partial charge in [-0.05, 0) is 31.2 Å². The van der Waals surface area contributed by atoms with Crippen molar-refractivity contribution < 1.29 is 13.6 Å². The van der Waals surface area contributed by atoms with Crippen molar-refractivity contribution in [2.24, 2.45) is 11.3 Å². The Morgan fingerprint density at radius 1 is 1.17 bits per heavy atom. The molecule has 0 radical (unpaired) electrons. The highest BCUT2D eigenvalue weighted by Gasteiger charge is 2.60. The third kappa shape index (κ3) is 2.74. The Bertz CT molecular complexity index is 622. The number of likely N-dealkylation sites (tertiary alicyclic amines) is 1. The predicted octanol–water partition coefficient (Wildman–Crippen LogP) is 2.34. The van der Waals surface area contributed by atoms with E-state index >= 15 is 0 Å². The molecular weight excluding hydrogens is 314 g/mol. The highest BCUT2D eigenvalue weighted by molar-refractivity contribution is 5.77. The molecule has 1 amide bonds. The highest BCUT2D eigenvalue weighted by Crippen LogP contribution is 2.50. The summed E-state index contributed by atoms with van der Waals surface area (Å²) < 4.78 is 29.5. The molecule has 1 spiro atoms. The Hall–Kier alpha value is -1.79. The molecule has 0 unspecified atom stereocenters.